The highest BCUT2D eigenvalue weighted by Gasteiger charge is 2.50. The van der Waals surface area contributed by atoms with Gasteiger partial charge >= 0.3 is 12.1 Å². The minimum absolute atomic E-state index is 0.0289. The van der Waals surface area contributed by atoms with Gasteiger partial charge in [-0.05, 0) is 59.3 Å². The van der Waals surface area contributed by atoms with E-state index in [0.29, 0.717) is 42.3 Å². The number of carbonyl (C=O) groups excluding carboxylic acids is 1. The maximum absolute atomic E-state index is 15.4. The molecule has 2 aromatic heterocycles. The van der Waals surface area contributed by atoms with Gasteiger partial charge in [-0.25, -0.2) is 18.6 Å². The summed E-state index contributed by atoms with van der Waals surface area (Å²) >= 11 is 7.51. The summed E-state index contributed by atoms with van der Waals surface area (Å²) in [7, 11) is 0. The topological polar surface area (TPSA) is 83.9 Å². The van der Waals surface area contributed by atoms with E-state index < -0.39 is 23.1 Å². The SMILES string of the molecule is CSc1nc(Cl)c(F)c2nc(OC[C@@]34CCCN3C[C@H](F)C4)nc(N3CC4CCC(C3)N4C(=O)OC(C)(C)C)c12. The normalized spacial score (nSPS) is 28.4. The van der Waals surface area contributed by atoms with Crippen molar-refractivity contribution in [2.45, 2.75) is 87.3 Å². The molecule has 4 saturated heterocycles. The molecule has 1 amide bonds. The molecule has 2 unspecified atom stereocenters. The molecule has 2 aromatic rings. The Morgan fingerprint density at radius 3 is 2.58 bits per heavy atom. The predicted octanol–water partition coefficient (Wildman–Crippen LogP) is 5.08. The average Bonchev–Trinajstić information content (AvgIpc) is 3.50. The molecule has 40 heavy (non-hydrogen) atoms. The van der Waals surface area contributed by atoms with Gasteiger partial charge in [0, 0.05) is 26.1 Å². The van der Waals surface area contributed by atoms with E-state index in [4.69, 9.17) is 26.1 Å². The Balaban J connectivity index is 1.35. The highest BCUT2D eigenvalue weighted by atomic mass is 35.5. The van der Waals surface area contributed by atoms with Gasteiger partial charge in [0.2, 0.25) is 0 Å². The minimum Gasteiger partial charge on any atom is -0.461 e. The molecule has 0 saturated carbocycles. The number of pyridine rings is 1. The lowest BCUT2D eigenvalue weighted by Gasteiger charge is -2.42. The Bertz CT molecular complexity index is 1320. The fraction of sp³-hybridized carbons (Fsp3) is 0.704. The van der Waals surface area contributed by atoms with Gasteiger partial charge in [0.1, 0.15) is 34.7 Å². The molecule has 0 N–H and O–H groups in total. The standard InChI is InChI=1S/C27H35ClF2N6O3S/c1-26(2,3)39-25(37)36-16-6-7-17(36)13-34(12-16)22-18-20(19(30)21(28)32-23(18)40-4)31-24(33-22)38-14-27-8-5-9-35(27)11-15(29)10-27/h15-17H,5-14H2,1-4H3/t15-,16?,17?,27+/m1/s1. The molecule has 4 atom stereocenters. The fourth-order valence-electron chi connectivity index (χ4n) is 6.85. The lowest BCUT2D eigenvalue weighted by molar-refractivity contribution is 0.0122. The molecule has 4 fully saturated rings. The third-order valence-corrected chi connectivity index (χ3v) is 9.41. The van der Waals surface area contributed by atoms with Gasteiger partial charge in [-0.3, -0.25) is 9.80 Å². The molecule has 6 rings (SSSR count). The van der Waals surface area contributed by atoms with Crippen molar-refractivity contribution in [2.24, 2.45) is 0 Å². The van der Waals surface area contributed by atoms with E-state index in [0.717, 1.165) is 32.2 Å². The van der Waals surface area contributed by atoms with Gasteiger partial charge in [-0.1, -0.05) is 11.6 Å². The second-order valence-corrected chi connectivity index (χ2v) is 13.5. The van der Waals surface area contributed by atoms with E-state index in [1.807, 2.05) is 31.9 Å². The smallest absolute Gasteiger partial charge is 0.410 e. The van der Waals surface area contributed by atoms with Crippen molar-refractivity contribution in [3.63, 3.8) is 0 Å². The van der Waals surface area contributed by atoms with Crippen molar-refractivity contribution in [1.82, 2.24) is 24.8 Å². The fourth-order valence-corrected chi connectivity index (χ4v) is 7.65. The number of anilines is 1. The van der Waals surface area contributed by atoms with E-state index in [-0.39, 0.29) is 41.5 Å². The number of thioether (sulfide) groups is 1. The Morgan fingerprint density at radius 2 is 1.90 bits per heavy atom. The molecule has 218 valence electrons. The van der Waals surface area contributed by atoms with E-state index in [2.05, 4.69) is 19.8 Å². The average molecular weight is 597 g/mol. The van der Waals surface area contributed by atoms with Crippen molar-refractivity contribution in [2.75, 3.05) is 43.9 Å². The van der Waals surface area contributed by atoms with E-state index >= 15 is 4.39 Å². The Morgan fingerprint density at radius 1 is 1.18 bits per heavy atom. The summed E-state index contributed by atoms with van der Waals surface area (Å²) in [5, 5.41) is 0.720. The van der Waals surface area contributed by atoms with Crippen LogP contribution in [0.25, 0.3) is 10.9 Å². The molecule has 0 aliphatic carbocycles. The van der Waals surface area contributed by atoms with Crippen molar-refractivity contribution in [3.05, 3.63) is 11.0 Å². The summed E-state index contributed by atoms with van der Waals surface area (Å²) in [5.41, 5.74) is -0.940. The monoisotopic (exact) mass is 596 g/mol. The van der Waals surface area contributed by atoms with Crippen molar-refractivity contribution in [1.29, 1.82) is 0 Å². The maximum atomic E-state index is 15.4. The van der Waals surface area contributed by atoms with E-state index in [1.54, 1.807) is 0 Å². The van der Waals surface area contributed by atoms with Crippen LogP contribution in [-0.4, -0.2) is 99.3 Å². The minimum atomic E-state index is -0.889. The molecule has 6 heterocycles. The molecule has 0 radical (unpaired) electrons. The van der Waals surface area contributed by atoms with Crippen LogP contribution in [0.15, 0.2) is 5.03 Å². The van der Waals surface area contributed by atoms with Crippen LogP contribution in [0.4, 0.5) is 19.4 Å². The van der Waals surface area contributed by atoms with Crippen LogP contribution in [0.1, 0.15) is 52.9 Å². The number of fused-ring (bicyclic) bond motifs is 4. The van der Waals surface area contributed by atoms with E-state index in [9.17, 15) is 9.18 Å². The molecular formula is C27H35ClF2N6O3S. The predicted molar refractivity (Wildman–Crippen MR) is 150 cm³/mol. The first-order valence-electron chi connectivity index (χ1n) is 13.9. The largest absolute Gasteiger partial charge is 0.461 e. The van der Waals surface area contributed by atoms with Gasteiger partial charge in [-0.2, -0.15) is 9.97 Å². The summed E-state index contributed by atoms with van der Waals surface area (Å²) in [4.78, 5) is 32.6. The molecule has 0 aromatic carbocycles. The first-order chi connectivity index (χ1) is 19.0. The highest BCUT2D eigenvalue weighted by Crippen LogP contribution is 2.42. The number of rotatable bonds is 5. The van der Waals surface area contributed by atoms with Crippen LogP contribution in [0.5, 0.6) is 6.01 Å². The summed E-state index contributed by atoms with van der Waals surface area (Å²) in [6, 6.07) is -0.116. The quantitative estimate of drug-likeness (QED) is 0.346. The van der Waals surface area contributed by atoms with E-state index in [1.165, 1.54) is 11.8 Å². The molecule has 2 bridgehead atoms. The van der Waals surface area contributed by atoms with Gasteiger partial charge in [0.15, 0.2) is 11.0 Å². The van der Waals surface area contributed by atoms with Crippen LogP contribution < -0.4 is 9.64 Å². The Kier molecular flexibility index (Phi) is 7.18. The lowest BCUT2D eigenvalue weighted by atomic mass is 9.95. The number of nitrogens with zero attached hydrogens (tertiary/aromatic N) is 6. The number of hydrogen-bond donors (Lipinski definition) is 0. The summed E-state index contributed by atoms with van der Waals surface area (Å²) in [6.07, 6.45) is 4.54. The lowest BCUT2D eigenvalue weighted by Crippen LogP contribution is -2.57. The molecule has 9 nitrogen and oxygen atoms in total. The zero-order valence-electron chi connectivity index (χ0n) is 23.3. The second-order valence-electron chi connectivity index (χ2n) is 12.3. The third-order valence-electron chi connectivity index (χ3n) is 8.48. The van der Waals surface area contributed by atoms with Gasteiger partial charge < -0.3 is 14.4 Å². The maximum Gasteiger partial charge on any atom is 0.410 e. The first-order valence-corrected chi connectivity index (χ1v) is 15.5. The van der Waals surface area contributed by atoms with Crippen molar-refractivity contribution >= 4 is 46.2 Å². The molecule has 4 aliphatic heterocycles. The number of carbonyl (C=O) groups is 1. The number of piperazine rings is 1. The Labute approximate surface area is 241 Å². The third kappa shape index (κ3) is 4.93. The van der Waals surface area contributed by atoms with Gasteiger partial charge in [0.25, 0.3) is 0 Å². The molecule has 0 spiro atoms. The second kappa shape index (κ2) is 10.3. The number of alkyl halides is 1. The van der Waals surface area contributed by atoms with Crippen LogP contribution in [0, 0.1) is 5.82 Å². The number of aromatic nitrogens is 3. The highest BCUT2D eigenvalue weighted by molar-refractivity contribution is 7.98. The van der Waals surface area contributed by atoms with Gasteiger partial charge in [0.05, 0.1) is 23.0 Å². The van der Waals surface area contributed by atoms with Crippen LogP contribution in [0.3, 0.4) is 0 Å². The van der Waals surface area contributed by atoms with Crippen LogP contribution in [0.2, 0.25) is 5.15 Å². The summed E-state index contributed by atoms with van der Waals surface area (Å²) < 4.78 is 41.6. The number of ether oxygens (including phenoxy) is 2. The molecular weight excluding hydrogens is 562 g/mol. The number of amides is 1. The molecule has 13 heteroatoms. The van der Waals surface area contributed by atoms with Crippen LogP contribution in [-0.2, 0) is 4.74 Å². The molecule has 4 aliphatic rings. The van der Waals surface area contributed by atoms with Crippen LogP contribution >= 0.6 is 23.4 Å². The number of halogens is 3. The zero-order valence-corrected chi connectivity index (χ0v) is 24.8. The van der Waals surface area contributed by atoms with Crippen molar-refractivity contribution in [3.8, 4) is 6.01 Å². The number of hydrogen-bond acceptors (Lipinski definition) is 9. The van der Waals surface area contributed by atoms with Gasteiger partial charge in [-0.15, -0.1) is 11.8 Å². The Hall–Kier alpha value is -2.18. The first kappa shape index (κ1) is 28.0. The summed E-state index contributed by atoms with van der Waals surface area (Å²) in [6.45, 7) is 8.05. The van der Waals surface area contributed by atoms with Crippen molar-refractivity contribution < 1.29 is 23.0 Å². The zero-order chi connectivity index (χ0) is 28.4. The summed E-state index contributed by atoms with van der Waals surface area (Å²) in [5.74, 6) is -0.229.